The van der Waals surface area contributed by atoms with Gasteiger partial charge in [-0.25, -0.2) is 0 Å². The van der Waals surface area contributed by atoms with Crippen LogP contribution in [0, 0.1) is 5.92 Å². The van der Waals surface area contributed by atoms with E-state index in [0.717, 1.165) is 6.42 Å². The molecule has 11 heavy (non-hydrogen) atoms. The van der Waals surface area contributed by atoms with E-state index in [-0.39, 0.29) is 0 Å². The number of thiophene rings is 1. The largest absolute Gasteiger partial charge is 0.127 e. The molecule has 0 bridgehead atoms. The molecule has 1 rings (SSSR count). The predicted octanol–water partition coefficient (Wildman–Crippen LogP) is 4.25. The van der Waals surface area contributed by atoms with E-state index in [9.17, 15) is 0 Å². The van der Waals surface area contributed by atoms with Crippen LogP contribution in [0.1, 0.15) is 18.7 Å². The van der Waals surface area contributed by atoms with Gasteiger partial charge in [0.2, 0.25) is 0 Å². The van der Waals surface area contributed by atoms with Crippen molar-refractivity contribution < 1.29 is 0 Å². The maximum absolute atomic E-state index is 5.80. The maximum atomic E-state index is 5.80. The quantitative estimate of drug-likeness (QED) is 0.682. The summed E-state index contributed by atoms with van der Waals surface area (Å²) in [5, 5.41) is 0.687. The summed E-state index contributed by atoms with van der Waals surface area (Å²) in [4.78, 5) is 1.27. The molecule has 0 saturated carbocycles. The lowest BCUT2D eigenvalue weighted by molar-refractivity contribution is 0.654. The molecule has 0 unspecified atom stereocenters. The lowest BCUT2D eigenvalue weighted by Gasteiger charge is -1.98. The molecule has 0 aliphatic heterocycles. The van der Waals surface area contributed by atoms with Crippen LogP contribution in [0.3, 0.4) is 0 Å². The van der Waals surface area contributed by atoms with Gasteiger partial charge in [-0.05, 0) is 18.4 Å². The van der Waals surface area contributed by atoms with E-state index < -0.39 is 0 Å². The van der Waals surface area contributed by atoms with Crippen LogP contribution in [-0.2, 0) is 6.42 Å². The first-order chi connectivity index (χ1) is 5.09. The minimum Gasteiger partial charge on any atom is -0.127 e. The van der Waals surface area contributed by atoms with E-state index in [2.05, 4.69) is 13.8 Å². The Morgan fingerprint density at radius 1 is 1.45 bits per heavy atom. The SMILES string of the molecule is CC(C)Cc1cc(Cl)c(Cl)s1. The smallest absolute Gasteiger partial charge is 0.112 e. The van der Waals surface area contributed by atoms with Gasteiger partial charge in [0, 0.05) is 4.88 Å². The highest BCUT2D eigenvalue weighted by Gasteiger charge is 2.05. The zero-order chi connectivity index (χ0) is 8.43. The number of rotatable bonds is 2. The van der Waals surface area contributed by atoms with Crippen LogP contribution in [0.15, 0.2) is 6.07 Å². The van der Waals surface area contributed by atoms with Crippen LogP contribution in [-0.4, -0.2) is 0 Å². The molecule has 0 atom stereocenters. The van der Waals surface area contributed by atoms with Gasteiger partial charge in [-0.3, -0.25) is 0 Å². The highest BCUT2D eigenvalue weighted by Crippen LogP contribution is 2.32. The second-order valence-electron chi connectivity index (χ2n) is 2.93. The molecule has 0 aliphatic carbocycles. The molecule has 0 nitrogen and oxygen atoms in total. The van der Waals surface area contributed by atoms with Crippen LogP contribution >= 0.6 is 34.5 Å². The minimum atomic E-state index is 0.667. The summed E-state index contributed by atoms with van der Waals surface area (Å²) in [6, 6.07) is 1.95. The fourth-order valence-electron chi connectivity index (χ4n) is 0.894. The Hall–Kier alpha value is 0.280. The number of hydrogen-bond donors (Lipinski definition) is 0. The van der Waals surface area contributed by atoms with Crippen molar-refractivity contribution in [2.75, 3.05) is 0 Å². The van der Waals surface area contributed by atoms with Gasteiger partial charge >= 0.3 is 0 Å². The summed E-state index contributed by atoms with van der Waals surface area (Å²) in [7, 11) is 0. The van der Waals surface area contributed by atoms with E-state index in [0.29, 0.717) is 15.3 Å². The van der Waals surface area contributed by atoms with Gasteiger partial charge < -0.3 is 0 Å². The molecule has 0 spiro atoms. The maximum Gasteiger partial charge on any atom is 0.112 e. The van der Waals surface area contributed by atoms with Gasteiger partial charge in [0.25, 0.3) is 0 Å². The second kappa shape index (κ2) is 3.79. The molecule has 3 heteroatoms. The van der Waals surface area contributed by atoms with Crippen LogP contribution < -0.4 is 0 Å². The minimum absolute atomic E-state index is 0.667. The van der Waals surface area contributed by atoms with E-state index in [1.54, 1.807) is 11.3 Å². The third-order valence-corrected chi connectivity index (χ3v) is 3.19. The molecular formula is C8H10Cl2S. The summed E-state index contributed by atoms with van der Waals surface area (Å²) >= 11 is 13.2. The fraction of sp³-hybridized carbons (Fsp3) is 0.500. The van der Waals surface area contributed by atoms with Gasteiger partial charge in [-0.2, -0.15) is 0 Å². The standard InChI is InChI=1S/C8H10Cl2S/c1-5(2)3-6-4-7(9)8(10)11-6/h4-5H,3H2,1-2H3. The van der Waals surface area contributed by atoms with Crippen molar-refractivity contribution in [3.05, 3.63) is 20.3 Å². The van der Waals surface area contributed by atoms with Crippen molar-refractivity contribution in [1.29, 1.82) is 0 Å². The summed E-state index contributed by atoms with van der Waals surface area (Å²) in [6.45, 7) is 4.36. The van der Waals surface area contributed by atoms with Crippen molar-refractivity contribution >= 4 is 34.5 Å². The lowest BCUT2D eigenvalue weighted by atomic mass is 10.1. The van der Waals surface area contributed by atoms with Gasteiger partial charge in [0.1, 0.15) is 4.34 Å². The third-order valence-electron chi connectivity index (χ3n) is 1.31. The Morgan fingerprint density at radius 2 is 2.09 bits per heavy atom. The Kier molecular flexibility index (Phi) is 3.23. The molecule has 0 fully saturated rings. The Balaban J connectivity index is 2.73. The second-order valence-corrected chi connectivity index (χ2v) is 5.08. The fourth-order valence-corrected chi connectivity index (χ4v) is 2.54. The Morgan fingerprint density at radius 3 is 2.45 bits per heavy atom. The molecule has 0 aromatic carbocycles. The van der Waals surface area contributed by atoms with Crippen molar-refractivity contribution in [2.24, 2.45) is 5.92 Å². The highest BCUT2D eigenvalue weighted by molar-refractivity contribution is 7.16. The molecule has 0 saturated heterocycles. The zero-order valence-electron chi connectivity index (χ0n) is 6.53. The zero-order valence-corrected chi connectivity index (χ0v) is 8.85. The van der Waals surface area contributed by atoms with E-state index in [1.165, 1.54) is 4.88 Å². The number of hydrogen-bond acceptors (Lipinski definition) is 1. The summed E-state index contributed by atoms with van der Waals surface area (Å²) in [6.07, 6.45) is 1.07. The van der Waals surface area contributed by atoms with Gasteiger partial charge in [0.15, 0.2) is 0 Å². The highest BCUT2D eigenvalue weighted by atomic mass is 35.5. The van der Waals surface area contributed by atoms with Crippen molar-refractivity contribution in [3.8, 4) is 0 Å². The average Bonchev–Trinajstić information content (AvgIpc) is 2.10. The monoisotopic (exact) mass is 208 g/mol. The Labute approximate surface area is 81.1 Å². The van der Waals surface area contributed by atoms with E-state index >= 15 is 0 Å². The molecule has 1 aromatic heterocycles. The molecule has 0 aliphatic rings. The van der Waals surface area contributed by atoms with Crippen LogP contribution in [0.2, 0.25) is 9.36 Å². The van der Waals surface area contributed by atoms with Crippen LogP contribution in [0.25, 0.3) is 0 Å². The molecule has 0 amide bonds. The van der Waals surface area contributed by atoms with Crippen molar-refractivity contribution in [1.82, 2.24) is 0 Å². The summed E-state index contributed by atoms with van der Waals surface area (Å²) in [5.41, 5.74) is 0. The van der Waals surface area contributed by atoms with Crippen LogP contribution in [0.5, 0.6) is 0 Å². The Bertz CT molecular complexity index is 221. The summed E-state index contributed by atoms with van der Waals surface area (Å²) < 4.78 is 0.710. The van der Waals surface area contributed by atoms with Crippen LogP contribution in [0.4, 0.5) is 0 Å². The lowest BCUT2D eigenvalue weighted by Crippen LogP contribution is -1.89. The molecule has 1 aromatic rings. The summed E-state index contributed by atoms with van der Waals surface area (Å²) in [5.74, 6) is 0.667. The van der Waals surface area contributed by atoms with Gasteiger partial charge in [-0.1, -0.05) is 37.0 Å². The molecule has 0 N–H and O–H groups in total. The predicted molar refractivity (Wildman–Crippen MR) is 52.9 cm³/mol. The molecule has 62 valence electrons. The van der Waals surface area contributed by atoms with Crippen molar-refractivity contribution in [2.45, 2.75) is 20.3 Å². The third kappa shape index (κ3) is 2.66. The first kappa shape index (κ1) is 9.37. The average molecular weight is 209 g/mol. The van der Waals surface area contributed by atoms with E-state index in [4.69, 9.17) is 23.2 Å². The normalized spacial score (nSPS) is 11.0. The van der Waals surface area contributed by atoms with Gasteiger partial charge in [0.05, 0.1) is 5.02 Å². The molecular weight excluding hydrogens is 199 g/mol. The first-order valence-corrected chi connectivity index (χ1v) is 5.10. The topological polar surface area (TPSA) is 0 Å². The molecule has 1 heterocycles. The van der Waals surface area contributed by atoms with Gasteiger partial charge in [-0.15, -0.1) is 11.3 Å². The first-order valence-electron chi connectivity index (χ1n) is 3.53. The molecule has 0 radical (unpaired) electrons. The van der Waals surface area contributed by atoms with E-state index in [1.807, 2.05) is 6.07 Å². The number of halogens is 2. The van der Waals surface area contributed by atoms with Crippen molar-refractivity contribution in [3.63, 3.8) is 0 Å².